The van der Waals surface area contributed by atoms with Gasteiger partial charge in [0.05, 0.1) is 42.7 Å². The molecule has 2 aliphatic heterocycles. The number of ether oxygens (including phenoxy) is 4. The van der Waals surface area contributed by atoms with Gasteiger partial charge in [0.2, 0.25) is 27.7 Å². The first kappa shape index (κ1) is 40.6. The number of nitrogens with one attached hydrogen (secondary N) is 1. The maximum Gasteiger partial charge on any atom is 0.307 e. The molecule has 14 heteroatoms. The van der Waals surface area contributed by atoms with Crippen molar-refractivity contribution in [3.63, 3.8) is 0 Å². The first-order chi connectivity index (χ1) is 26.0. The Labute approximate surface area is 323 Å². The number of aromatic nitrogens is 1. The summed E-state index contributed by atoms with van der Waals surface area (Å²) in [5.41, 5.74) is -2.04. The third-order valence-electron chi connectivity index (χ3n) is 11.4. The summed E-state index contributed by atoms with van der Waals surface area (Å²) in [6.45, 7) is 7.66. The zero-order valence-electron chi connectivity index (χ0n) is 32.7. The van der Waals surface area contributed by atoms with E-state index < -0.39 is 62.1 Å². The Bertz CT molecular complexity index is 1920. The van der Waals surface area contributed by atoms with Gasteiger partial charge in [0, 0.05) is 38.1 Å². The monoisotopic (exact) mass is 781 g/mol. The van der Waals surface area contributed by atoms with Crippen LogP contribution in [0.3, 0.4) is 0 Å². The number of amides is 2. The molecule has 1 aromatic carbocycles. The lowest BCUT2D eigenvalue weighted by Crippen LogP contribution is -2.48. The number of methoxy groups -OCH3 is 2. The van der Waals surface area contributed by atoms with E-state index >= 15 is 4.79 Å². The first-order valence-electron chi connectivity index (χ1n) is 19.4. The second kappa shape index (κ2) is 16.2. The van der Waals surface area contributed by atoms with E-state index in [9.17, 15) is 22.8 Å². The van der Waals surface area contributed by atoms with E-state index in [0.29, 0.717) is 43.7 Å². The van der Waals surface area contributed by atoms with Crippen molar-refractivity contribution in [3.05, 3.63) is 42.6 Å². The largest absolute Gasteiger partial charge is 0.497 e. The predicted octanol–water partition coefficient (Wildman–Crippen LogP) is 5.15. The Morgan fingerprint density at radius 1 is 1.07 bits per heavy atom. The number of carbonyl (C=O) groups is 4. The van der Waals surface area contributed by atoms with Gasteiger partial charge in [-0.3, -0.25) is 23.9 Å². The summed E-state index contributed by atoms with van der Waals surface area (Å²) in [6, 6.07) is 6.34. The van der Waals surface area contributed by atoms with Crippen molar-refractivity contribution in [1.82, 2.24) is 14.6 Å². The smallest absolute Gasteiger partial charge is 0.307 e. The van der Waals surface area contributed by atoms with E-state index in [1.54, 1.807) is 47.3 Å². The van der Waals surface area contributed by atoms with Crippen molar-refractivity contribution in [2.24, 2.45) is 29.1 Å². The number of Topliss-reactive ketones (excluding diaryl/α,β-unsaturated/α-hetero) is 1. The average Bonchev–Trinajstić information content (AvgIpc) is 4.04. The van der Waals surface area contributed by atoms with Crippen LogP contribution in [0.5, 0.6) is 11.6 Å². The Balaban J connectivity index is 1.37. The number of esters is 1. The molecular formula is C41H55N3O10S. The number of hydrogen-bond donors (Lipinski definition) is 1. The molecule has 7 atom stereocenters. The highest BCUT2D eigenvalue weighted by atomic mass is 32.2. The fourth-order valence-corrected chi connectivity index (χ4v) is 9.65. The number of benzene rings is 1. The van der Waals surface area contributed by atoms with Gasteiger partial charge in [-0.1, -0.05) is 19.1 Å². The maximum absolute atomic E-state index is 15.0. The molecule has 55 heavy (non-hydrogen) atoms. The van der Waals surface area contributed by atoms with Gasteiger partial charge in [-0.25, -0.2) is 13.4 Å². The molecule has 6 rings (SSSR count). The molecule has 0 radical (unpaired) electrons. The molecule has 13 nitrogen and oxygen atoms in total. The molecule has 4 aliphatic rings. The van der Waals surface area contributed by atoms with Crippen molar-refractivity contribution in [3.8, 4) is 11.6 Å². The number of nitrogens with zero attached hydrogens (tertiary/aromatic N) is 2. The zero-order valence-corrected chi connectivity index (χ0v) is 33.6. The van der Waals surface area contributed by atoms with E-state index in [1.807, 2.05) is 30.4 Å². The maximum atomic E-state index is 15.0. The Morgan fingerprint density at radius 3 is 2.53 bits per heavy atom. The van der Waals surface area contributed by atoms with Crippen LogP contribution < -0.4 is 14.2 Å². The number of sulfonamides is 1. The fourth-order valence-electron chi connectivity index (χ4n) is 8.26. The number of fused-ring (bicyclic) bond motifs is 3. The summed E-state index contributed by atoms with van der Waals surface area (Å²) in [5.74, 6) is -2.39. The minimum atomic E-state index is -3.86. The van der Waals surface area contributed by atoms with E-state index in [-0.39, 0.29) is 56.0 Å². The quantitative estimate of drug-likeness (QED) is 0.250. The van der Waals surface area contributed by atoms with Crippen LogP contribution in [0, 0.1) is 29.1 Å². The van der Waals surface area contributed by atoms with Crippen molar-refractivity contribution in [2.45, 2.75) is 108 Å². The molecule has 0 unspecified atom stereocenters. The summed E-state index contributed by atoms with van der Waals surface area (Å²) in [7, 11) is -0.713. The lowest BCUT2D eigenvalue weighted by Gasteiger charge is -2.33. The number of pyridine rings is 1. The molecule has 2 saturated carbocycles. The van der Waals surface area contributed by atoms with Gasteiger partial charge in [0.15, 0.2) is 5.78 Å². The number of ketones is 1. The lowest BCUT2D eigenvalue weighted by molar-refractivity contribution is -0.160. The molecule has 1 saturated heterocycles. The molecular weight excluding hydrogens is 727 g/mol. The molecule has 3 fully saturated rings. The number of rotatable bonds is 10. The summed E-state index contributed by atoms with van der Waals surface area (Å²) < 4.78 is 51.4. The van der Waals surface area contributed by atoms with Gasteiger partial charge < -0.3 is 23.8 Å². The Kier molecular flexibility index (Phi) is 12.0. The third-order valence-corrected chi connectivity index (χ3v) is 13.2. The van der Waals surface area contributed by atoms with Crippen LogP contribution in [0.4, 0.5) is 0 Å². The Hall–Kier alpha value is -4.04. The average molecular weight is 782 g/mol. The molecule has 1 aromatic heterocycles. The highest BCUT2D eigenvalue weighted by Crippen LogP contribution is 2.57. The molecule has 300 valence electrons. The molecule has 2 amide bonds. The minimum absolute atomic E-state index is 0.0299. The van der Waals surface area contributed by atoms with E-state index in [0.717, 1.165) is 17.2 Å². The van der Waals surface area contributed by atoms with E-state index in [1.165, 1.54) is 4.90 Å². The van der Waals surface area contributed by atoms with Crippen LogP contribution in [0.2, 0.25) is 0 Å². The van der Waals surface area contributed by atoms with Gasteiger partial charge in [0.1, 0.15) is 17.5 Å². The zero-order chi connectivity index (χ0) is 39.7. The molecule has 3 heterocycles. The number of carbonyl (C=O) groups excluding carboxylic acids is 4. The van der Waals surface area contributed by atoms with Gasteiger partial charge in [0.25, 0.3) is 0 Å². The van der Waals surface area contributed by atoms with Crippen molar-refractivity contribution < 1.29 is 46.5 Å². The van der Waals surface area contributed by atoms with Crippen molar-refractivity contribution >= 4 is 44.4 Å². The standard InChI is InChI=1S/C41H55N3O10S/c1-25-9-7-8-10-28-21-41(28,39(48)43-55(49,50)31-12-13-31)22-35(45)34-19-30(53-37-32-14-11-29(52-6)18-26(32)15-16-42-37)23-44(34)38(47)33(27(17-25)24-51-5)20-36(46)54-40(2,3)4/h8,10-11,14-16,18,25,27-28,30-31,33-34H,7,9,12-13,17,19-24H2,1-6H3,(H,43,48)/b10-8-/t25-,27+,28-,30-,33+,34+,41-/m1/s1. The molecule has 1 N–H and O–H groups in total. The minimum Gasteiger partial charge on any atom is -0.497 e. The normalized spacial score (nSPS) is 29.7. The van der Waals surface area contributed by atoms with E-state index in [2.05, 4.69) is 16.6 Å². The molecule has 0 bridgehead atoms. The predicted molar refractivity (Wildman–Crippen MR) is 205 cm³/mol. The fraction of sp³-hybridized carbons (Fsp3) is 0.634. The van der Waals surface area contributed by atoms with Crippen LogP contribution in [0.15, 0.2) is 42.6 Å². The lowest BCUT2D eigenvalue weighted by atomic mass is 9.81. The summed E-state index contributed by atoms with van der Waals surface area (Å²) in [5, 5.41) is 0.953. The molecule has 2 aliphatic carbocycles. The third kappa shape index (κ3) is 9.50. The highest BCUT2D eigenvalue weighted by Gasteiger charge is 2.61. The topological polar surface area (TPSA) is 167 Å². The SMILES string of the molecule is COC[C@@H]1C[C@H](C)CC/C=C\[C@@H]2C[C@@]2(C(=O)NS(=O)(=O)C2CC2)CC(=O)[C@@H]2C[C@@H](Oc3nccc4cc(OC)ccc34)CN2C(=O)[C@H]1CC(=O)OC(C)(C)C. The molecule has 0 spiro atoms. The summed E-state index contributed by atoms with van der Waals surface area (Å²) in [6.07, 6.45) is 7.90. The van der Waals surface area contributed by atoms with Gasteiger partial charge >= 0.3 is 5.97 Å². The van der Waals surface area contributed by atoms with Crippen molar-refractivity contribution in [2.75, 3.05) is 27.4 Å². The Morgan fingerprint density at radius 2 is 1.84 bits per heavy atom. The first-order valence-corrected chi connectivity index (χ1v) is 20.9. The van der Waals surface area contributed by atoms with Crippen LogP contribution in [0.25, 0.3) is 10.8 Å². The summed E-state index contributed by atoms with van der Waals surface area (Å²) in [4.78, 5) is 63.0. The van der Waals surface area contributed by atoms with Crippen LogP contribution in [-0.4, -0.2) is 92.2 Å². The van der Waals surface area contributed by atoms with Crippen molar-refractivity contribution in [1.29, 1.82) is 0 Å². The molecule has 2 aromatic rings. The second-order valence-corrected chi connectivity index (χ2v) is 18.9. The number of hydrogen-bond acceptors (Lipinski definition) is 11. The van der Waals surface area contributed by atoms with Crippen LogP contribution in [-0.2, 0) is 38.7 Å². The highest BCUT2D eigenvalue weighted by molar-refractivity contribution is 7.90. The second-order valence-electron chi connectivity index (χ2n) is 16.9. The van der Waals surface area contributed by atoms with Crippen LogP contribution in [0.1, 0.15) is 85.5 Å². The van der Waals surface area contributed by atoms with Gasteiger partial charge in [-0.05, 0) is 107 Å². The summed E-state index contributed by atoms with van der Waals surface area (Å²) >= 11 is 0. The van der Waals surface area contributed by atoms with E-state index in [4.69, 9.17) is 18.9 Å². The van der Waals surface area contributed by atoms with Gasteiger partial charge in [-0.15, -0.1) is 0 Å². The van der Waals surface area contributed by atoms with Gasteiger partial charge in [-0.2, -0.15) is 0 Å². The number of allylic oxidation sites excluding steroid dienone is 2. The van der Waals surface area contributed by atoms with Crippen LogP contribution >= 0.6 is 0 Å².